The van der Waals surface area contributed by atoms with E-state index in [0.29, 0.717) is 4.91 Å². The Bertz CT molecular complexity index is 1150. The van der Waals surface area contributed by atoms with Gasteiger partial charge in [0.25, 0.3) is 5.91 Å². The summed E-state index contributed by atoms with van der Waals surface area (Å²) in [5.74, 6) is 0.00159. The van der Waals surface area contributed by atoms with Gasteiger partial charge in [-0.05, 0) is 62.0 Å². The van der Waals surface area contributed by atoms with Gasteiger partial charge in [0, 0.05) is 29.9 Å². The second-order valence-corrected chi connectivity index (χ2v) is 10.9. The lowest BCUT2D eigenvalue weighted by atomic mass is 9.86. The lowest BCUT2D eigenvalue weighted by Gasteiger charge is -2.45. The molecule has 0 spiro atoms. The van der Waals surface area contributed by atoms with Gasteiger partial charge in [-0.2, -0.15) is 0 Å². The Morgan fingerprint density at radius 1 is 1.06 bits per heavy atom. The molecule has 4 aliphatic rings. The Balaban J connectivity index is 1.26. The summed E-state index contributed by atoms with van der Waals surface area (Å²) in [6.07, 6.45) is 3.72. The molecule has 7 nitrogen and oxygen atoms in total. The highest BCUT2D eigenvalue weighted by Gasteiger charge is 2.51. The SMILES string of the molecule is O=C(N[C@@H]1CCCNC1)C1=C2NC(=O)N(c3cccc(Cc4ccccc4)c3)C3CCNC(S1)C23. The number of urea groups is 1. The smallest absolute Gasteiger partial charge is 0.326 e. The van der Waals surface area contributed by atoms with Crippen LogP contribution in [0.3, 0.4) is 0 Å². The van der Waals surface area contributed by atoms with Crippen molar-refractivity contribution in [3.63, 3.8) is 0 Å². The monoisotopic (exact) mass is 489 g/mol. The van der Waals surface area contributed by atoms with Crippen molar-refractivity contribution in [1.82, 2.24) is 21.3 Å². The zero-order chi connectivity index (χ0) is 23.8. The summed E-state index contributed by atoms with van der Waals surface area (Å²) in [6.45, 7) is 2.62. The van der Waals surface area contributed by atoms with Crippen molar-refractivity contribution in [2.24, 2.45) is 5.92 Å². The molecule has 0 saturated carbocycles. The van der Waals surface area contributed by atoms with E-state index in [1.54, 1.807) is 11.8 Å². The molecule has 2 aromatic carbocycles. The van der Waals surface area contributed by atoms with Crippen molar-refractivity contribution >= 4 is 29.4 Å². The molecule has 35 heavy (non-hydrogen) atoms. The van der Waals surface area contributed by atoms with Gasteiger partial charge in [0.1, 0.15) is 0 Å². The number of benzene rings is 2. The topological polar surface area (TPSA) is 85.5 Å². The Morgan fingerprint density at radius 3 is 2.74 bits per heavy atom. The third kappa shape index (κ3) is 4.46. The molecule has 4 aliphatic heterocycles. The van der Waals surface area contributed by atoms with Crippen molar-refractivity contribution in [2.75, 3.05) is 24.5 Å². The van der Waals surface area contributed by atoms with Gasteiger partial charge < -0.3 is 21.3 Å². The van der Waals surface area contributed by atoms with Gasteiger partial charge >= 0.3 is 6.03 Å². The molecule has 0 aromatic heterocycles. The maximum atomic E-state index is 13.5. The van der Waals surface area contributed by atoms with Crippen molar-refractivity contribution in [2.45, 2.75) is 43.1 Å². The summed E-state index contributed by atoms with van der Waals surface area (Å²) in [5, 5.41) is 13.3. The molecule has 0 bridgehead atoms. The Hall–Kier alpha value is -2.81. The Labute approximate surface area is 210 Å². The number of hydrogen-bond acceptors (Lipinski definition) is 5. The number of amides is 3. The molecule has 6 rings (SSSR count). The summed E-state index contributed by atoms with van der Waals surface area (Å²) in [6, 6.07) is 18.7. The molecule has 0 radical (unpaired) electrons. The first-order valence-corrected chi connectivity index (χ1v) is 13.4. The average molecular weight is 490 g/mol. The van der Waals surface area contributed by atoms with Crippen molar-refractivity contribution in [1.29, 1.82) is 0 Å². The zero-order valence-corrected chi connectivity index (χ0v) is 20.4. The molecule has 2 aromatic rings. The van der Waals surface area contributed by atoms with Crippen LogP contribution in [0, 0.1) is 5.92 Å². The minimum atomic E-state index is -0.147. The lowest BCUT2D eigenvalue weighted by Crippen LogP contribution is -2.62. The molecule has 182 valence electrons. The number of anilines is 1. The summed E-state index contributed by atoms with van der Waals surface area (Å²) in [7, 11) is 0. The second kappa shape index (κ2) is 9.68. The highest BCUT2D eigenvalue weighted by molar-refractivity contribution is 8.04. The molecule has 4 heterocycles. The quantitative estimate of drug-likeness (QED) is 0.519. The minimum absolute atomic E-state index is 0.0196. The standard InChI is InChI=1S/C27H31N5O2S/c33-25(30-19-9-5-12-28-16-19)24-23-22-21(11-13-29-26(22)35-24)32(27(34)31-23)20-10-4-8-18(15-20)14-17-6-2-1-3-7-17/h1-4,6-8,10,15,19,21-22,26,28-29H,5,9,11-14,16H2,(H,30,33)(H,31,34)/t19-,21?,22?,26?/m1/s1. The van der Waals surface area contributed by atoms with E-state index in [9.17, 15) is 9.59 Å². The first-order valence-electron chi connectivity index (χ1n) is 12.6. The average Bonchev–Trinajstić information content (AvgIpc) is 3.25. The van der Waals surface area contributed by atoms with Gasteiger partial charge in [-0.1, -0.05) is 54.2 Å². The molecule has 4 atom stereocenters. The Kier molecular flexibility index (Phi) is 6.26. The molecule has 3 fully saturated rings. The van der Waals surface area contributed by atoms with Crippen LogP contribution in [0.25, 0.3) is 0 Å². The minimum Gasteiger partial charge on any atom is -0.348 e. The fourth-order valence-corrected chi connectivity index (χ4v) is 7.20. The van der Waals surface area contributed by atoms with Crippen LogP contribution in [0.15, 0.2) is 65.2 Å². The summed E-state index contributed by atoms with van der Waals surface area (Å²) in [4.78, 5) is 29.3. The van der Waals surface area contributed by atoms with E-state index in [1.807, 2.05) is 23.1 Å². The highest BCUT2D eigenvalue weighted by Crippen LogP contribution is 2.48. The van der Waals surface area contributed by atoms with Gasteiger partial charge in [0.2, 0.25) is 0 Å². The molecular weight excluding hydrogens is 458 g/mol. The summed E-state index contributed by atoms with van der Waals surface area (Å²) in [5.41, 5.74) is 4.13. The molecule has 8 heteroatoms. The van der Waals surface area contributed by atoms with Gasteiger partial charge in [-0.25, -0.2) is 4.79 Å². The molecule has 4 N–H and O–H groups in total. The van der Waals surface area contributed by atoms with E-state index < -0.39 is 0 Å². The van der Waals surface area contributed by atoms with E-state index in [2.05, 4.69) is 57.7 Å². The first-order chi connectivity index (χ1) is 17.2. The number of nitrogens with zero attached hydrogens (tertiary/aromatic N) is 1. The van der Waals surface area contributed by atoms with Gasteiger partial charge in [-0.3, -0.25) is 9.69 Å². The fraction of sp³-hybridized carbons (Fsp3) is 0.407. The number of thioether (sulfide) groups is 1. The third-order valence-corrected chi connectivity index (χ3v) is 8.77. The molecule has 3 amide bonds. The van der Waals surface area contributed by atoms with Crippen LogP contribution in [0.2, 0.25) is 0 Å². The van der Waals surface area contributed by atoms with Crippen LogP contribution in [-0.4, -0.2) is 49.0 Å². The summed E-state index contributed by atoms with van der Waals surface area (Å²) >= 11 is 1.57. The van der Waals surface area contributed by atoms with Crippen LogP contribution in [0.5, 0.6) is 0 Å². The van der Waals surface area contributed by atoms with E-state index in [0.717, 1.165) is 56.7 Å². The van der Waals surface area contributed by atoms with E-state index in [1.165, 1.54) is 11.1 Å². The van der Waals surface area contributed by atoms with Crippen LogP contribution in [0.4, 0.5) is 10.5 Å². The predicted octanol–water partition coefficient (Wildman–Crippen LogP) is 2.94. The van der Waals surface area contributed by atoms with Gasteiger partial charge in [0.05, 0.1) is 16.3 Å². The molecule has 0 aliphatic carbocycles. The van der Waals surface area contributed by atoms with E-state index in [4.69, 9.17) is 0 Å². The highest BCUT2D eigenvalue weighted by atomic mass is 32.2. The first kappa shape index (κ1) is 22.6. The van der Waals surface area contributed by atoms with Crippen molar-refractivity contribution < 1.29 is 9.59 Å². The van der Waals surface area contributed by atoms with Gasteiger partial charge in [0.15, 0.2) is 0 Å². The normalized spacial score (nSPS) is 27.9. The number of hydrogen-bond donors (Lipinski definition) is 4. The number of piperidine rings is 2. The number of rotatable bonds is 5. The van der Waals surface area contributed by atoms with Crippen molar-refractivity contribution in [3.05, 3.63) is 76.3 Å². The second-order valence-electron chi connectivity index (χ2n) is 9.77. The van der Waals surface area contributed by atoms with E-state index >= 15 is 0 Å². The summed E-state index contributed by atoms with van der Waals surface area (Å²) < 4.78 is 0. The zero-order valence-electron chi connectivity index (χ0n) is 19.6. The molecule has 3 saturated heterocycles. The number of carbonyl (C=O) groups is 2. The van der Waals surface area contributed by atoms with E-state index in [-0.39, 0.29) is 35.3 Å². The fourth-order valence-electron chi connectivity index (χ4n) is 5.80. The maximum absolute atomic E-state index is 13.5. The maximum Gasteiger partial charge on any atom is 0.326 e. The Morgan fingerprint density at radius 2 is 1.91 bits per heavy atom. The van der Waals surface area contributed by atoms with Crippen LogP contribution < -0.4 is 26.2 Å². The molecule has 3 unspecified atom stereocenters. The van der Waals surface area contributed by atoms with Crippen LogP contribution in [-0.2, 0) is 11.2 Å². The third-order valence-electron chi connectivity index (χ3n) is 7.42. The van der Waals surface area contributed by atoms with Gasteiger partial charge in [-0.15, -0.1) is 0 Å². The largest absolute Gasteiger partial charge is 0.348 e. The number of carbonyl (C=O) groups excluding carboxylic acids is 2. The molecular formula is C27H31N5O2S. The predicted molar refractivity (Wildman–Crippen MR) is 139 cm³/mol. The van der Waals surface area contributed by atoms with Crippen LogP contribution in [0.1, 0.15) is 30.4 Å². The lowest BCUT2D eigenvalue weighted by molar-refractivity contribution is -0.117. The number of nitrogens with one attached hydrogen (secondary N) is 4. The van der Waals surface area contributed by atoms with Crippen molar-refractivity contribution in [3.8, 4) is 0 Å². The van der Waals surface area contributed by atoms with Crippen LogP contribution >= 0.6 is 11.8 Å².